The van der Waals surface area contributed by atoms with Crippen LogP contribution in [0.3, 0.4) is 0 Å². The SMILES string of the molecule is COC1(C)CC(Nc2nnc(-c3ccc(C=C(C)C)cc3O)c3c2CCCC3)C1. The molecule has 0 atom stereocenters. The maximum absolute atomic E-state index is 10.7. The number of hydrogen-bond acceptors (Lipinski definition) is 5. The minimum atomic E-state index is -0.0239. The average Bonchev–Trinajstić information content (AvgIpc) is 2.67. The average molecular weight is 394 g/mol. The molecule has 1 aromatic carbocycles. The summed E-state index contributed by atoms with van der Waals surface area (Å²) in [6.07, 6.45) is 8.31. The molecule has 2 aromatic rings. The van der Waals surface area contributed by atoms with Crippen molar-refractivity contribution in [2.24, 2.45) is 0 Å². The van der Waals surface area contributed by atoms with E-state index in [4.69, 9.17) is 4.74 Å². The molecule has 2 N–H and O–H groups in total. The van der Waals surface area contributed by atoms with Gasteiger partial charge in [-0.1, -0.05) is 17.7 Å². The molecule has 2 aliphatic rings. The lowest BCUT2D eigenvalue weighted by molar-refractivity contribution is -0.0625. The van der Waals surface area contributed by atoms with E-state index in [0.29, 0.717) is 6.04 Å². The first-order chi connectivity index (χ1) is 13.9. The summed E-state index contributed by atoms with van der Waals surface area (Å²) in [5.41, 5.74) is 6.26. The van der Waals surface area contributed by atoms with Gasteiger partial charge in [0.2, 0.25) is 0 Å². The Morgan fingerprint density at radius 1 is 1.17 bits per heavy atom. The Bertz CT molecular complexity index is 941. The minimum absolute atomic E-state index is 0.0239. The van der Waals surface area contributed by atoms with Gasteiger partial charge < -0.3 is 15.2 Å². The number of rotatable bonds is 5. The third-order valence-corrected chi connectivity index (χ3v) is 6.21. The van der Waals surface area contributed by atoms with Crippen molar-refractivity contribution in [3.8, 4) is 17.0 Å². The molecule has 0 radical (unpaired) electrons. The fourth-order valence-corrected chi connectivity index (χ4v) is 4.60. The largest absolute Gasteiger partial charge is 0.507 e. The Morgan fingerprint density at radius 2 is 1.90 bits per heavy atom. The van der Waals surface area contributed by atoms with Crippen LogP contribution in [-0.4, -0.2) is 34.1 Å². The molecular formula is C24H31N3O2. The van der Waals surface area contributed by atoms with Gasteiger partial charge in [-0.15, -0.1) is 10.2 Å². The Hall–Kier alpha value is -2.40. The molecule has 5 nitrogen and oxygen atoms in total. The van der Waals surface area contributed by atoms with Crippen LogP contribution in [0.15, 0.2) is 23.8 Å². The summed E-state index contributed by atoms with van der Waals surface area (Å²) in [6.45, 7) is 6.25. The number of nitrogens with one attached hydrogen (secondary N) is 1. The molecule has 1 saturated carbocycles. The third kappa shape index (κ3) is 4.01. The van der Waals surface area contributed by atoms with Crippen molar-refractivity contribution in [2.75, 3.05) is 12.4 Å². The number of hydrogen-bond donors (Lipinski definition) is 2. The van der Waals surface area contributed by atoms with Crippen LogP contribution in [0.5, 0.6) is 5.75 Å². The van der Waals surface area contributed by atoms with E-state index in [0.717, 1.165) is 54.7 Å². The smallest absolute Gasteiger partial charge is 0.152 e. The molecule has 5 heteroatoms. The van der Waals surface area contributed by atoms with Crippen LogP contribution in [0.4, 0.5) is 5.82 Å². The highest BCUT2D eigenvalue weighted by molar-refractivity contribution is 5.74. The van der Waals surface area contributed by atoms with E-state index in [1.165, 1.54) is 23.1 Å². The van der Waals surface area contributed by atoms with Gasteiger partial charge in [0.25, 0.3) is 0 Å². The molecule has 0 spiro atoms. The fourth-order valence-electron chi connectivity index (χ4n) is 4.60. The van der Waals surface area contributed by atoms with Crippen molar-refractivity contribution in [2.45, 2.75) is 70.9 Å². The minimum Gasteiger partial charge on any atom is -0.507 e. The molecule has 2 aliphatic carbocycles. The van der Waals surface area contributed by atoms with Crippen molar-refractivity contribution in [1.82, 2.24) is 10.2 Å². The van der Waals surface area contributed by atoms with E-state index < -0.39 is 0 Å². The zero-order chi connectivity index (χ0) is 20.6. The summed E-state index contributed by atoms with van der Waals surface area (Å²) >= 11 is 0. The van der Waals surface area contributed by atoms with Crippen LogP contribution in [0.2, 0.25) is 0 Å². The molecule has 0 aliphatic heterocycles. The van der Waals surface area contributed by atoms with Gasteiger partial charge in [0.15, 0.2) is 5.82 Å². The number of aromatic hydroxyl groups is 1. The molecule has 29 heavy (non-hydrogen) atoms. The quantitative estimate of drug-likeness (QED) is 0.737. The Kier molecular flexibility index (Phi) is 5.34. The highest BCUT2D eigenvalue weighted by Gasteiger charge is 2.41. The van der Waals surface area contributed by atoms with Crippen molar-refractivity contribution < 1.29 is 9.84 Å². The van der Waals surface area contributed by atoms with Gasteiger partial charge in [0.05, 0.1) is 5.60 Å². The molecule has 1 heterocycles. The lowest BCUT2D eigenvalue weighted by Crippen LogP contribution is -2.50. The summed E-state index contributed by atoms with van der Waals surface area (Å²) in [5.74, 6) is 1.17. The summed E-state index contributed by atoms with van der Waals surface area (Å²) in [6, 6.07) is 6.19. The first kappa shape index (κ1) is 19.9. The first-order valence-corrected chi connectivity index (χ1v) is 10.6. The predicted molar refractivity (Wildman–Crippen MR) is 117 cm³/mol. The number of phenolic OH excluding ortho intramolecular Hbond substituents is 1. The van der Waals surface area contributed by atoms with E-state index in [9.17, 15) is 5.11 Å². The van der Waals surface area contributed by atoms with Crippen molar-refractivity contribution >= 4 is 11.9 Å². The number of anilines is 1. The number of phenols is 1. The van der Waals surface area contributed by atoms with Gasteiger partial charge in [0.1, 0.15) is 11.4 Å². The molecular weight excluding hydrogens is 362 g/mol. The van der Waals surface area contributed by atoms with E-state index in [1.54, 1.807) is 7.11 Å². The second kappa shape index (κ2) is 7.79. The van der Waals surface area contributed by atoms with Crippen LogP contribution in [-0.2, 0) is 17.6 Å². The Morgan fingerprint density at radius 3 is 2.55 bits per heavy atom. The summed E-state index contributed by atoms with van der Waals surface area (Å²) in [7, 11) is 1.78. The highest BCUT2D eigenvalue weighted by atomic mass is 16.5. The van der Waals surface area contributed by atoms with E-state index in [-0.39, 0.29) is 11.4 Å². The van der Waals surface area contributed by atoms with E-state index >= 15 is 0 Å². The highest BCUT2D eigenvalue weighted by Crippen LogP contribution is 2.40. The molecule has 0 saturated heterocycles. The lowest BCUT2D eigenvalue weighted by atomic mass is 9.77. The van der Waals surface area contributed by atoms with Crippen molar-refractivity contribution in [3.05, 3.63) is 40.5 Å². The number of benzene rings is 1. The fraction of sp³-hybridized carbons (Fsp3) is 0.500. The second-order valence-electron chi connectivity index (χ2n) is 8.96. The molecule has 154 valence electrons. The maximum Gasteiger partial charge on any atom is 0.152 e. The molecule has 0 amide bonds. The Labute approximate surface area is 173 Å². The summed E-state index contributed by atoms with van der Waals surface area (Å²) in [5, 5.41) is 23.4. The number of allylic oxidation sites excluding steroid dienone is 1. The van der Waals surface area contributed by atoms with Gasteiger partial charge in [0, 0.05) is 24.3 Å². The van der Waals surface area contributed by atoms with E-state index in [2.05, 4.69) is 42.4 Å². The Balaban J connectivity index is 1.65. The van der Waals surface area contributed by atoms with Gasteiger partial charge in [-0.3, -0.25) is 0 Å². The topological polar surface area (TPSA) is 67.3 Å². The number of ether oxygens (including phenoxy) is 1. The van der Waals surface area contributed by atoms with Crippen LogP contribution in [0.25, 0.3) is 17.3 Å². The standard InChI is InChI=1S/C24H31N3O2/c1-15(2)11-16-9-10-20(21(28)12-16)22-18-7-5-6-8-19(18)23(27-26-22)25-17-13-24(3,14-17)29-4/h9-12,17,28H,5-8,13-14H2,1-4H3,(H,25,27). The zero-order valence-corrected chi connectivity index (χ0v) is 17.9. The molecule has 4 rings (SSSR count). The van der Waals surface area contributed by atoms with Gasteiger partial charge in [-0.05, 0) is 82.6 Å². The monoisotopic (exact) mass is 393 g/mol. The molecule has 0 unspecified atom stereocenters. The number of aromatic nitrogens is 2. The predicted octanol–water partition coefficient (Wildman–Crippen LogP) is 5.13. The lowest BCUT2D eigenvalue weighted by Gasteiger charge is -2.44. The van der Waals surface area contributed by atoms with Crippen molar-refractivity contribution in [1.29, 1.82) is 0 Å². The van der Waals surface area contributed by atoms with Gasteiger partial charge in [-0.25, -0.2) is 0 Å². The summed E-state index contributed by atoms with van der Waals surface area (Å²) < 4.78 is 5.57. The third-order valence-electron chi connectivity index (χ3n) is 6.21. The maximum atomic E-state index is 10.7. The van der Waals surface area contributed by atoms with Gasteiger partial charge >= 0.3 is 0 Å². The zero-order valence-electron chi connectivity index (χ0n) is 17.9. The van der Waals surface area contributed by atoms with Crippen LogP contribution in [0, 0.1) is 0 Å². The van der Waals surface area contributed by atoms with Gasteiger partial charge in [-0.2, -0.15) is 0 Å². The summed E-state index contributed by atoms with van der Waals surface area (Å²) in [4.78, 5) is 0. The number of methoxy groups -OCH3 is 1. The number of nitrogens with zero attached hydrogens (tertiary/aromatic N) is 2. The number of fused-ring (bicyclic) bond motifs is 1. The second-order valence-corrected chi connectivity index (χ2v) is 8.96. The first-order valence-electron chi connectivity index (χ1n) is 10.6. The molecule has 0 bridgehead atoms. The van der Waals surface area contributed by atoms with Crippen LogP contribution < -0.4 is 5.32 Å². The van der Waals surface area contributed by atoms with Crippen LogP contribution in [0.1, 0.15) is 63.1 Å². The van der Waals surface area contributed by atoms with E-state index in [1.807, 2.05) is 18.2 Å². The molecule has 1 aromatic heterocycles. The van der Waals surface area contributed by atoms with Crippen molar-refractivity contribution in [3.63, 3.8) is 0 Å². The van der Waals surface area contributed by atoms with Crippen LogP contribution >= 0.6 is 0 Å². The normalized spacial score (nSPS) is 23.1. The molecule has 1 fully saturated rings.